The molecule has 2 aliphatic heterocycles. The van der Waals surface area contributed by atoms with Crippen LogP contribution in [0, 0.1) is 0 Å². The number of fused-ring (bicyclic) bond motifs is 8. The van der Waals surface area contributed by atoms with Crippen LogP contribution >= 0.6 is 0 Å². The van der Waals surface area contributed by atoms with E-state index in [4.69, 9.17) is 9.47 Å². The van der Waals surface area contributed by atoms with Gasteiger partial charge in [0.25, 0.3) is 6.71 Å². The van der Waals surface area contributed by atoms with Crippen molar-refractivity contribution in [2.75, 3.05) is 4.90 Å². The predicted octanol–water partition coefficient (Wildman–Crippen LogP) is 10.1. The Labute approximate surface area is 295 Å². The third-order valence-corrected chi connectivity index (χ3v) is 10.4. The number of nitrogens with zero attached hydrogens (tertiary/aromatic N) is 2. The van der Waals surface area contributed by atoms with Gasteiger partial charge in [-0.3, -0.25) is 0 Å². The minimum absolute atomic E-state index is 0.000113. The standard InChI is InChI=1S/C46H29BN2O2/c1-4-13-32(14-5-1)48(33-15-6-2-7-16-33)35-24-23-30-26-36-37-28-45-39(29-41(37)49(34-17-8-3-9-18-34)40(36)27-31(30)25-35)47-38-19-10-11-20-42(38)50-43-21-12-22-44(51-45)46(43)47/h1-29H. The van der Waals surface area contributed by atoms with E-state index < -0.39 is 0 Å². The van der Waals surface area contributed by atoms with Crippen LogP contribution in [0.2, 0.25) is 0 Å². The van der Waals surface area contributed by atoms with Crippen molar-refractivity contribution < 1.29 is 9.47 Å². The van der Waals surface area contributed by atoms with Crippen LogP contribution < -0.4 is 30.8 Å². The molecule has 0 saturated carbocycles. The Bertz CT molecular complexity index is 2780. The van der Waals surface area contributed by atoms with Crippen molar-refractivity contribution in [3.63, 3.8) is 0 Å². The van der Waals surface area contributed by atoms with Gasteiger partial charge in [-0.25, -0.2) is 0 Å². The summed E-state index contributed by atoms with van der Waals surface area (Å²) in [5.41, 5.74) is 10.2. The first-order valence-electron chi connectivity index (χ1n) is 17.4. The van der Waals surface area contributed by atoms with Crippen molar-refractivity contribution >= 4 is 72.7 Å². The van der Waals surface area contributed by atoms with Crippen molar-refractivity contribution in [1.82, 2.24) is 4.57 Å². The normalized spacial score (nSPS) is 12.6. The fraction of sp³-hybridized carbons (Fsp3) is 0. The van der Waals surface area contributed by atoms with E-state index in [1.807, 2.05) is 18.2 Å². The van der Waals surface area contributed by atoms with Crippen LogP contribution in [-0.4, -0.2) is 11.3 Å². The second-order valence-electron chi connectivity index (χ2n) is 13.3. The summed E-state index contributed by atoms with van der Waals surface area (Å²) in [5.74, 6) is 3.49. The van der Waals surface area contributed by atoms with Crippen LogP contribution in [0.25, 0.3) is 38.3 Å². The molecule has 2 aliphatic rings. The van der Waals surface area contributed by atoms with Crippen LogP contribution in [0.15, 0.2) is 176 Å². The Kier molecular flexibility index (Phi) is 6.01. The Morgan fingerprint density at radius 3 is 1.76 bits per heavy atom. The number of ether oxygens (including phenoxy) is 2. The summed E-state index contributed by atoms with van der Waals surface area (Å²) in [4.78, 5) is 2.32. The monoisotopic (exact) mass is 652 g/mol. The number of benzene rings is 8. The minimum atomic E-state index is 0.000113. The summed E-state index contributed by atoms with van der Waals surface area (Å²) in [6.07, 6.45) is 0. The number of anilines is 3. The average Bonchev–Trinajstić information content (AvgIpc) is 3.49. The van der Waals surface area contributed by atoms with Gasteiger partial charge in [0.05, 0.1) is 11.0 Å². The molecular formula is C46H29BN2O2. The van der Waals surface area contributed by atoms with Gasteiger partial charge in [-0.1, -0.05) is 84.9 Å². The lowest BCUT2D eigenvalue weighted by molar-refractivity contribution is 0.465. The molecule has 0 spiro atoms. The number of hydrogen-bond acceptors (Lipinski definition) is 3. The Hall–Kier alpha value is -6.72. The van der Waals surface area contributed by atoms with Gasteiger partial charge in [-0.2, -0.15) is 0 Å². The van der Waals surface area contributed by atoms with Gasteiger partial charge in [0.2, 0.25) is 0 Å². The summed E-state index contributed by atoms with van der Waals surface area (Å²) >= 11 is 0. The van der Waals surface area contributed by atoms with E-state index in [1.165, 1.54) is 16.2 Å². The third kappa shape index (κ3) is 4.28. The van der Waals surface area contributed by atoms with Gasteiger partial charge in [-0.05, 0) is 113 Å². The lowest BCUT2D eigenvalue weighted by Gasteiger charge is -2.32. The van der Waals surface area contributed by atoms with Crippen molar-refractivity contribution in [2.45, 2.75) is 0 Å². The number of para-hydroxylation sites is 4. The maximum Gasteiger partial charge on any atom is 0.260 e. The second kappa shape index (κ2) is 10.9. The van der Waals surface area contributed by atoms with Gasteiger partial charge in [0.1, 0.15) is 23.0 Å². The summed E-state index contributed by atoms with van der Waals surface area (Å²) in [5, 5.41) is 4.71. The Morgan fingerprint density at radius 1 is 0.412 bits per heavy atom. The van der Waals surface area contributed by atoms with E-state index in [9.17, 15) is 0 Å². The third-order valence-electron chi connectivity index (χ3n) is 10.4. The maximum absolute atomic E-state index is 6.73. The highest BCUT2D eigenvalue weighted by Crippen LogP contribution is 2.42. The fourth-order valence-corrected chi connectivity index (χ4v) is 8.21. The summed E-state index contributed by atoms with van der Waals surface area (Å²) in [6.45, 7) is 0.000113. The molecule has 0 N–H and O–H groups in total. The first kappa shape index (κ1) is 28.2. The van der Waals surface area contributed by atoms with Crippen LogP contribution in [-0.2, 0) is 0 Å². The van der Waals surface area contributed by atoms with E-state index in [0.29, 0.717) is 0 Å². The van der Waals surface area contributed by atoms with Gasteiger partial charge < -0.3 is 18.9 Å². The van der Waals surface area contributed by atoms with E-state index in [2.05, 4.69) is 167 Å². The smallest absolute Gasteiger partial charge is 0.260 e. The molecule has 0 fully saturated rings. The molecule has 0 atom stereocenters. The van der Waals surface area contributed by atoms with Gasteiger partial charge >= 0.3 is 0 Å². The molecule has 9 aromatic rings. The Morgan fingerprint density at radius 2 is 1.02 bits per heavy atom. The maximum atomic E-state index is 6.73. The zero-order valence-electron chi connectivity index (χ0n) is 27.5. The molecule has 4 nitrogen and oxygen atoms in total. The molecule has 0 aliphatic carbocycles. The largest absolute Gasteiger partial charge is 0.458 e. The van der Waals surface area contributed by atoms with Crippen LogP contribution in [0.4, 0.5) is 17.1 Å². The lowest BCUT2D eigenvalue weighted by Crippen LogP contribution is -2.57. The number of aromatic nitrogens is 1. The number of hydrogen-bond donors (Lipinski definition) is 0. The first-order chi connectivity index (χ1) is 25.3. The van der Waals surface area contributed by atoms with Crippen LogP contribution in [0.5, 0.6) is 23.0 Å². The Balaban J connectivity index is 1.17. The molecule has 3 heterocycles. The van der Waals surface area contributed by atoms with Crippen LogP contribution in [0.3, 0.4) is 0 Å². The van der Waals surface area contributed by atoms with E-state index in [1.54, 1.807) is 0 Å². The minimum Gasteiger partial charge on any atom is -0.458 e. The predicted molar refractivity (Wildman–Crippen MR) is 211 cm³/mol. The van der Waals surface area contributed by atoms with E-state index in [0.717, 1.165) is 78.6 Å². The lowest BCUT2D eigenvalue weighted by atomic mass is 9.35. The van der Waals surface area contributed by atoms with Crippen molar-refractivity contribution in [1.29, 1.82) is 0 Å². The molecule has 8 aromatic carbocycles. The SMILES string of the molecule is c1ccc(N(c2ccccc2)c2ccc3cc4c5cc6c(cc5n(-c5ccccc5)c4cc3c2)B2c3ccccc3Oc3cccc(c32)O6)cc1. The van der Waals surface area contributed by atoms with E-state index in [-0.39, 0.29) is 6.71 Å². The van der Waals surface area contributed by atoms with Crippen LogP contribution in [0.1, 0.15) is 0 Å². The molecule has 0 saturated heterocycles. The molecule has 51 heavy (non-hydrogen) atoms. The molecule has 0 radical (unpaired) electrons. The highest BCUT2D eigenvalue weighted by atomic mass is 16.5. The highest BCUT2D eigenvalue weighted by Gasteiger charge is 2.40. The fourth-order valence-electron chi connectivity index (χ4n) is 8.21. The van der Waals surface area contributed by atoms with Crippen molar-refractivity contribution in [3.8, 4) is 28.7 Å². The summed E-state index contributed by atoms with van der Waals surface area (Å²) in [7, 11) is 0. The molecule has 1 aromatic heterocycles. The average molecular weight is 653 g/mol. The van der Waals surface area contributed by atoms with Crippen molar-refractivity contribution in [3.05, 3.63) is 176 Å². The second-order valence-corrected chi connectivity index (χ2v) is 13.3. The van der Waals surface area contributed by atoms with E-state index >= 15 is 0 Å². The molecule has 238 valence electrons. The zero-order chi connectivity index (χ0) is 33.5. The molecular weight excluding hydrogens is 623 g/mol. The van der Waals surface area contributed by atoms with Gasteiger partial charge in [0.15, 0.2) is 0 Å². The first-order valence-corrected chi connectivity index (χ1v) is 17.4. The molecule has 5 heteroatoms. The highest BCUT2D eigenvalue weighted by molar-refractivity contribution is 6.98. The molecule has 0 amide bonds. The zero-order valence-corrected chi connectivity index (χ0v) is 27.5. The summed E-state index contributed by atoms with van der Waals surface area (Å²) < 4.78 is 15.5. The quantitative estimate of drug-likeness (QED) is 0.177. The van der Waals surface area contributed by atoms with Crippen molar-refractivity contribution in [2.24, 2.45) is 0 Å². The number of rotatable bonds is 4. The molecule has 11 rings (SSSR count). The topological polar surface area (TPSA) is 26.6 Å². The molecule has 0 bridgehead atoms. The summed E-state index contributed by atoms with van der Waals surface area (Å²) in [6, 6.07) is 62.4. The molecule has 0 unspecified atom stereocenters. The van der Waals surface area contributed by atoms with Gasteiger partial charge in [0, 0.05) is 39.0 Å². The van der Waals surface area contributed by atoms with Gasteiger partial charge in [-0.15, -0.1) is 0 Å².